The Morgan fingerprint density at radius 1 is 1.54 bits per heavy atom. The van der Waals surface area contributed by atoms with Crippen molar-refractivity contribution in [3.63, 3.8) is 0 Å². The molecular weight excluding hydrogens is 162 g/mol. The monoisotopic (exact) mass is 177 g/mol. The van der Waals surface area contributed by atoms with Crippen LogP contribution in [0.2, 0.25) is 0 Å². The number of hydrogen-bond acceptors (Lipinski definition) is 2. The van der Waals surface area contributed by atoms with E-state index in [1.807, 2.05) is 0 Å². The van der Waals surface area contributed by atoms with Crippen LogP contribution in [0.15, 0.2) is 18.2 Å². The summed E-state index contributed by atoms with van der Waals surface area (Å²) in [6, 6.07) is 6.96. The molecule has 2 heteroatoms. The Hall–Kier alpha value is -1.02. The summed E-state index contributed by atoms with van der Waals surface area (Å²) in [6.07, 6.45) is 1.09. The largest absolute Gasteiger partial charge is 0.496 e. The minimum absolute atomic E-state index is 0.529. The minimum atomic E-state index is 0.529. The maximum atomic E-state index is 5.31. The fourth-order valence-corrected chi connectivity index (χ4v) is 1.55. The van der Waals surface area contributed by atoms with Crippen molar-refractivity contribution in [2.24, 2.45) is 0 Å². The zero-order chi connectivity index (χ0) is 9.26. The standard InChI is InChI=1S/C11H15NO/c1-3-8-4-5-11(13-2)9(6-8)10-7-12-10/h4-6,10,12H,3,7H2,1-2H3. The Balaban J connectivity index is 2.35. The third-order valence-corrected chi connectivity index (χ3v) is 2.49. The van der Waals surface area contributed by atoms with E-state index in [1.54, 1.807) is 7.11 Å². The van der Waals surface area contributed by atoms with Gasteiger partial charge in [-0.25, -0.2) is 0 Å². The highest BCUT2D eigenvalue weighted by atomic mass is 16.5. The molecule has 13 heavy (non-hydrogen) atoms. The zero-order valence-electron chi connectivity index (χ0n) is 8.13. The predicted molar refractivity (Wildman–Crippen MR) is 53.1 cm³/mol. The highest BCUT2D eigenvalue weighted by molar-refractivity contribution is 5.41. The molecule has 1 aliphatic rings. The first kappa shape index (κ1) is 8.57. The molecule has 1 saturated heterocycles. The van der Waals surface area contributed by atoms with E-state index in [2.05, 4.69) is 30.4 Å². The van der Waals surface area contributed by atoms with Crippen molar-refractivity contribution in [1.29, 1.82) is 0 Å². The second-order valence-corrected chi connectivity index (χ2v) is 3.39. The smallest absolute Gasteiger partial charge is 0.123 e. The van der Waals surface area contributed by atoms with Gasteiger partial charge in [0.25, 0.3) is 0 Å². The molecule has 1 aromatic carbocycles. The Morgan fingerprint density at radius 3 is 2.85 bits per heavy atom. The van der Waals surface area contributed by atoms with Crippen LogP contribution in [0.1, 0.15) is 24.1 Å². The van der Waals surface area contributed by atoms with Crippen LogP contribution < -0.4 is 10.1 Å². The van der Waals surface area contributed by atoms with Crippen LogP contribution in [-0.2, 0) is 6.42 Å². The van der Waals surface area contributed by atoms with E-state index in [1.165, 1.54) is 11.1 Å². The third-order valence-electron chi connectivity index (χ3n) is 2.49. The molecule has 0 spiro atoms. The maximum absolute atomic E-state index is 5.31. The highest BCUT2D eigenvalue weighted by Gasteiger charge is 2.25. The average Bonchev–Trinajstić information content (AvgIpc) is 3.00. The Labute approximate surface area is 78.9 Å². The Morgan fingerprint density at radius 2 is 2.31 bits per heavy atom. The molecule has 2 nitrogen and oxygen atoms in total. The summed E-state index contributed by atoms with van der Waals surface area (Å²) in [7, 11) is 1.73. The number of benzene rings is 1. The Bertz CT molecular complexity index is 305. The fraction of sp³-hybridized carbons (Fsp3) is 0.455. The molecule has 0 bridgehead atoms. The molecule has 2 rings (SSSR count). The number of nitrogens with one attached hydrogen (secondary N) is 1. The Kier molecular flexibility index (Phi) is 2.23. The summed E-state index contributed by atoms with van der Waals surface area (Å²) in [6.45, 7) is 3.26. The van der Waals surface area contributed by atoms with Crippen LogP contribution in [0.25, 0.3) is 0 Å². The lowest BCUT2D eigenvalue weighted by Gasteiger charge is -2.08. The SMILES string of the molecule is CCc1ccc(OC)c(C2CN2)c1. The van der Waals surface area contributed by atoms with Crippen LogP contribution >= 0.6 is 0 Å². The van der Waals surface area contributed by atoms with Crippen LogP contribution in [0.3, 0.4) is 0 Å². The second-order valence-electron chi connectivity index (χ2n) is 3.39. The van der Waals surface area contributed by atoms with E-state index in [-0.39, 0.29) is 0 Å². The minimum Gasteiger partial charge on any atom is -0.496 e. The molecule has 1 fully saturated rings. The second kappa shape index (κ2) is 3.38. The van der Waals surface area contributed by atoms with Crippen molar-refractivity contribution in [3.8, 4) is 5.75 Å². The van der Waals surface area contributed by atoms with E-state index in [4.69, 9.17) is 4.74 Å². The summed E-state index contributed by atoms with van der Waals surface area (Å²) >= 11 is 0. The quantitative estimate of drug-likeness (QED) is 0.715. The first-order chi connectivity index (χ1) is 6.35. The molecule has 1 aliphatic heterocycles. The lowest BCUT2D eigenvalue weighted by Crippen LogP contribution is -1.94. The summed E-state index contributed by atoms with van der Waals surface area (Å²) in [5.41, 5.74) is 2.69. The van der Waals surface area contributed by atoms with E-state index in [0.29, 0.717) is 6.04 Å². The van der Waals surface area contributed by atoms with Gasteiger partial charge in [0.2, 0.25) is 0 Å². The van der Waals surface area contributed by atoms with Gasteiger partial charge in [-0.1, -0.05) is 19.1 Å². The molecule has 0 radical (unpaired) electrons. The number of ether oxygens (including phenoxy) is 1. The lowest BCUT2D eigenvalue weighted by atomic mass is 10.1. The molecule has 1 heterocycles. The average molecular weight is 177 g/mol. The van der Waals surface area contributed by atoms with E-state index in [9.17, 15) is 0 Å². The molecule has 70 valence electrons. The first-order valence-electron chi connectivity index (χ1n) is 4.75. The van der Waals surface area contributed by atoms with Crippen molar-refractivity contribution in [1.82, 2.24) is 5.32 Å². The van der Waals surface area contributed by atoms with Crippen LogP contribution in [0, 0.1) is 0 Å². The van der Waals surface area contributed by atoms with Crippen molar-refractivity contribution in [3.05, 3.63) is 29.3 Å². The van der Waals surface area contributed by atoms with Gasteiger partial charge >= 0.3 is 0 Å². The molecule has 0 aromatic heterocycles. The van der Waals surface area contributed by atoms with Gasteiger partial charge in [-0.15, -0.1) is 0 Å². The van der Waals surface area contributed by atoms with Crippen LogP contribution in [-0.4, -0.2) is 13.7 Å². The number of rotatable bonds is 3. The van der Waals surface area contributed by atoms with Gasteiger partial charge in [0, 0.05) is 18.2 Å². The predicted octanol–water partition coefficient (Wildman–Crippen LogP) is 1.90. The highest BCUT2D eigenvalue weighted by Crippen LogP contribution is 2.31. The normalized spacial score (nSPS) is 20.0. The topological polar surface area (TPSA) is 31.2 Å². The van der Waals surface area contributed by atoms with Gasteiger partial charge in [0.05, 0.1) is 7.11 Å². The van der Waals surface area contributed by atoms with Crippen molar-refractivity contribution < 1.29 is 4.74 Å². The van der Waals surface area contributed by atoms with Gasteiger partial charge in [-0.2, -0.15) is 0 Å². The van der Waals surface area contributed by atoms with Crippen LogP contribution in [0.5, 0.6) is 5.75 Å². The molecular formula is C11H15NO. The molecule has 1 N–H and O–H groups in total. The van der Waals surface area contributed by atoms with Crippen molar-refractivity contribution >= 4 is 0 Å². The van der Waals surface area contributed by atoms with Gasteiger partial charge in [-0.05, 0) is 18.1 Å². The fourth-order valence-electron chi connectivity index (χ4n) is 1.55. The summed E-state index contributed by atoms with van der Waals surface area (Å²) in [4.78, 5) is 0. The first-order valence-corrected chi connectivity index (χ1v) is 4.75. The summed E-state index contributed by atoms with van der Waals surface area (Å²) < 4.78 is 5.31. The maximum Gasteiger partial charge on any atom is 0.123 e. The molecule has 1 aromatic rings. The summed E-state index contributed by atoms with van der Waals surface area (Å²) in [5.74, 6) is 1.01. The molecule has 0 aliphatic carbocycles. The van der Waals surface area contributed by atoms with Gasteiger partial charge in [-0.3, -0.25) is 0 Å². The van der Waals surface area contributed by atoms with E-state index in [0.717, 1.165) is 18.7 Å². The zero-order valence-corrected chi connectivity index (χ0v) is 8.13. The number of methoxy groups -OCH3 is 1. The molecule has 0 saturated carbocycles. The van der Waals surface area contributed by atoms with E-state index < -0.39 is 0 Å². The third kappa shape index (κ3) is 1.68. The molecule has 1 unspecified atom stereocenters. The van der Waals surface area contributed by atoms with Gasteiger partial charge < -0.3 is 10.1 Å². The van der Waals surface area contributed by atoms with Crippen LogP contribution in [0.4, 0.5) is 0 Å². The lowest BCUT2D eigenvalue weighted by molar-refractivity contribution is 0.409. The van der Waals surface area contributed by atoms with Gasteiger partial charge in [0.1, 0.15) is 5.75 Å². The molecule has 0 amide bonds. The van der Waals surface area contributed by atoms with Gasteiger partial charge in [0.15, 0.2) is 0 Å². The number of aryl methyl sites for hydroxylation is 1. The molecule has 1 atom stereocenters. The van der Waals surface area contributed by atoms with Crippen molar-refractivity contribution in [2.45, 2.75) is 19.4 Å². The van der Waals surface area contributed by atoms with E-state index >= 15 is 0 Å². The van der Waals surface area contributed by atoms with Crippen molar-refractivity contribution in [2.75, 3.05) is 13.7 Å². The summed E-state index contributed by atoms with van der Waals surface area (Å²) in [5, 5.41) is 3.30. The number of hydrogen-bond donors (Lipinski definition) is 1.